The van der Waals surface area contributed by atoms with E-state index in [2.05, 4.69) is 0 Å². The maximum absolute atomic E-state index is 14.2. The molecule has 34 heavy (non-hydrogen) atoms. The zero-order valence-electron chi connectivity index (χ0n) is 18.9. The lowest BCUT2D eigenvalue weighted by Crippen LogP contribution is -2.62. The first-order valence-electron chi connectivity index (χ1n) is 10.4. The molecule has 0 heterocycles. The number of sulfonamides is 1. The molecular formula is C23H26F3NO6S. The average Bonchev–Trinajstić information content (AvgIpc) is 2.77. The van der Waals surface area contributed by atoms with E-state index in [-0.39, 0.29) is 23.7 Å². The van der Waals surface area contributed by atoms with Crippen LogP contribution in [0.25, 0.3) is 0 Å². The Morgan fingerprint density at radius 1 is 0.912 bits per heavy atom. The highest BCUT2D eigenvalue weighted by molar-refractivity contribution is 7.89. The van der Waals surface area contributed by atoms with Crippen LogP contribution in [0.5, 0.6) is 0 Å². The summed E-state index contributed by atoms with van der Waals surface area (Å²) in [5, 5.41) is 0. The fourth-order valence-corrected chi connectivity index (χ4v) is 4.62. The van der Waals surface area contributed by atoms with Gasteiger partial charge in [-0.2, -0.15) is 17.9 Å². The van der Waals surface area contributed by atoms with Gasteiger partial charge in [-0.05, 0) is 38.5 Å². The summed E-state index contributed by atoms with van der Waals surface area (Å²) >= 11 is 0. The van der Waals surface area contributed by atoms with Crippen molar-refractivity contribution in [3.63, 3.8) is 0 Å². The third-order valence-electron chi connectivity index (χ3n) is 5.00. The van der Waals surface area contributed by atoms with E-state index >= 15 is 0 Å². The normalized spacial score (nSPS) is 13.2. The Morgan fingerprint density at radius 3 is 1.85 bits per heavy atom. The van der Waals surface area contributed by atoms with Gasteiger partial charge in [0, 0.05) is 6.42 Å². The highest BCUT2D eigenvalue weighted by Crippen LogP contribution is 2.41. The van der Waals surface area contributed by atoms with Crippen LogP contribution in [0.15, 0.2) is 59.5 Å². The fraction of sp³-hybridized carbons (Fsp3) is 0.391. The number of alkyl halides is 3. The van der Waals surface area contributed by atoms with E-state index < -0.39 is 46.0 Å². The van der Waals surface area contributed by atoms with Crippen molar-refractivity contribution < 1.29 is 40.7 Å². The molecule has 0 amide bonds. The summed E-state index contributed by atoms with van der Waals surface area (Å²) in [6, 6.07) is 11.9. The second-order valence-corrected chi connectivity index (χ2v) is 9.16. The van der Waals surface area contributed by atoms with Gasteiger partial charge in [-0.3, -0.25) is 0 Å². The van der Waals surface area contributed by atoms with E-state index in [0.29, 0.717) is 0 Å². The Morgan fingerprint density at radius 2 is 1.41 bits per heavy atom. The molecule has 2 aromatic rings. The standard InChI is InChI=1S/C23H26F3NO6S/c1-4-32-20(28)22(21(29)33-5-2,27-34(30,31)18-13-11-16(3)12-14-18)15-19(23(24,25)26)17-9-7-6-8-10-17/h6-14,19,27H,4-5,15H2,1-3H3. The quantitative estimate of drug-likeness (QED) is 0.392. The Bertz CT molecular complexity index is 1070. The van der Waals surface area contributed by atoms with E-state index in [4.69, 9.17) is 9.47 Å². The molecule has 0 radical (unpaired) electrons. The van der Waals surface area contributed by atoms with Gasteiger partial charge < -0.3 is 9.47 Å². The number of nitrogens with one attached hydrogen (secondary N) is 1. The monoisotopic (exact) mass is 501 g/mol. The average molecular weight is 502 g/mol. The van der Waals surface area contributed by atoms with Crippen LogP contribution < -0.4 is 4.72 Å². The Hall–Kier alpha value is -2.92. The first-order chi connectivity index (χ1) is 15.9. The van der Waals surface area contributed by atoms with E-state index in [1.54, 1.807) is 6.92 Å². The molecule has 0 saturated carbocycles. The number of hydrogen-bond donors (Lipinski definition) is 1. The first-order valence-corrected chi connectivity index (χ1v) is 11.9. The summed E-state index contributed by atoms with van der Waals surface area (Å²) in [6.45, 7) is 3.84. The molecule has 186 valence electrons. The number of rotatable bonds is 10. The van der Waals surface area contributed by atoms with Crippen molar-refractivity contribution in [1.82, 2.24) is 4.72 Å². The van der Waals surface area contributed by atoms with E-state index in [1.807, 2.05) is 4.72 Å². The van der Waals surface area contributed by atoms with E-state index in [9.17, 15) is 31.2 Å². The minimum Gasteiger partial charge on any atom is -0.464 e. The number of halogens is 3. The number of ether oxygens (including phenoxy) is 2. The Kier molecular flexibility index (Phi) is 8.84. The molecule has 1 atom stereocenters. The lowest BCUT2D eigenvalue weighted by Gasteiger charge is -2.33. The highest BCUT2D eigenvalue weighted by atomic mass is 32.2. The second-order valence-electron chi connectivity index (χ2n) is 7.47. The van der Waals surface area contributed by atoms with Gasteiger partial charge in [0.1, 0.15) is 0 Å². The molecule has 0 spiro atoms. The van der Waals surface area contributed by atoms with Crippen LogP contribution in [0.2, 0.25) is 0 Å². The fourth-order valence-electron chi connectivity index (χ4n) is 3.30. The summed E-state index contributed by atoms with van der Waals surface area (Å²) in [6.07, 6.45) is -6.23. The summed E-state index contributed by atoms with van der Waals surface area (Å²) in [5.41, 5.74) is -2.53. The van der Waals surface area contributed by atoms with Crippen LogP contribution in [-0.4, -0.2) is 45.3 Å². The van der Waals surface area contributed by atoms with Crippen LogP contribution in [0.1, 0.15) is 37.3 Å². The zero-order chi connectivity index (χ0) is 25.6. The topological polar surface area (TPSA) is 98.8 Å². The largest absolute Gasteiger partial charge is 0.464 e. The van der Waals surface area contributed by atoms with Crippen LogP contribution in [0, 0.1) is 6.92 Å². The van der Waals surface area contributed by atoms with Crippen LogP contribution in [0.4, 0.5) is 13.2 Å². The predicted octanol–water partition coefficient (Wildman–Crippen LogP) is 3.87. The summed E-state index contributed by atoms with van der Waals surface area (Å²) in [5.74, 6) is -5.37. The number of benzene rings is 2. The van der Waals surface area contributed by atoms with Crippen molar-refractivity contribution in [3.05, 3.63) is 65.7 Å². The molecule has 0 aliphatic heterocycles. The SMILES string of the molecule is CCOC(=O)C(CC(c1ccccc1)C(F)(F)F)(NS(=O)(=O)c1ccc(C)cc1)C(=O)OCC. The van der Waals surface area contributed by atoms with Crippen molar-refractivity contribution >= 4 is 22.0 Å². The van der Waals surface area contributed by atoms with Crippen molar-refractivity contribution in [3.8, 4) is 0 Å². The third kappa shape index (κ3) is 6.35. The van der Waals surface area contributed by atoms with Crippen LogP contribution >= 0.6 is 0 Å². The van der Waals surface area contributed by atoms with Crippen LogP contribution in [-0.2, 0) is 29.1 Å². The first kappa shape index (κ1) is 27.3. The number of aryl methyl sites for hydroxylation is 1. The summed E-state index contributed by atoms with van der Waals surface area (Å²) in [4.78, 5) is 25.7. The minimum absolute atomic E-state index is 0.262. The molecule has 0 aromatic heterocycles. The maximum Gasteiger partial charge on any atom is 0.395 e. The van der Waals surface area contributed by atoms with Gasteiger partial charge in [0.25, 0.3) is 0 Å². The number of hydrogen-bond acceptors (Lipinski definition) is 6. The van der Waals surface area contributed by atoms with Gasteiger partial charge >= 0.3 is 18.1 Å². The Balaban J connectivity index is 2.70. The number of carbonyl (C=O) groups excluding carboxylic acids is 2. The van der Waals surface area contributed by atoms with Crippen LogP contribution in [0.3, 0.4) is 0 Å². The van der Waals surface area contributed by atoms with Crippen molar-refractivity contribution in [1.29, 1.82) is 0 Å². The van der Waals surface area contributed by atoms with Crippen molar-refractivity contribution in [2.24, 2.45) is 0 Å². The van der Waals surface area contributed by atoms with Crippen molar-refractivity contribution in [2.75, 3.05) is 13.2 Å². The molecular weight excluding hydrogens is 475 g/mol. The molecule has 0 saturated heterocycles. The molecule has 2 rings (SSSR count). The molecule has 0 aliphatic carbocycles. The molecule has 1 N–H and O–H groups in total. The van der Waals surface area contributed by atoms with E-state index in [0.717, 1.165) is 5.56 Å². The molecule has 0 aliphatic rings. The third-order valence-corrected chi connectivity index (χ3v) is 6.50. The smallest absolute Gasteiger partial charge is 0.395 e. The van der Waals surface area contributed by atoms with Gasteiger partial charge in [0.05, 0.1) is 24.0 Å². The van der Waals surface area contributed by atoms with Gasteiger partial charge in [-0.25, -0.2) is 18.0 Å². The molecule has 0 fully saturated rings. The minimum atomic E-state index is -4.93. The summed E-state index contributed by atoms with van der Waals surface area (Å²) < 4.78 is 80.4. The van der Waals surface area contributed by atoms with Gasteiger partial charge in [0.2, 0.25) is 15.6 Å². The lowest BCUT2D eigenvalue weighted by molar-refractivity contribution is -0.174. The molecule has 2 aromatic carbocycles. The zero-order valence-corrected chi connectivity index (χ0v) is 19.7. The lowest BCUT2D eigenvalue weighted by atomic mass is 9.83. The van der Waals surface area contributed by atoms with Gasteiger partial charge in [0.15, 0.2) is 0 Å². The molecule has 7 nitrogen and oxygen atoms in total. The molecule has 11 heteroatoms. The maximum atomic E-state index is 14.2. The predicted molar refractivity (Wildman–Crippen MR) is 117 cm³/mol. The summed E-state index contributed by atoms with van der Waals surface area (Å²) in [7, 11) is -4.65. The van der Waals surface area contributed by atoms with E-state index in [1.165, 1.54) is 68.4 Å². The van der Waals surface area contributed by atoms with Gasteiger partial charge in [-0.1, -0.05) is 48.0 Å². The number of esters is 2. The van der Waals surface area contributed by atoms with Gasteiger partial charge in [-0.15, -0.1) is 0 Å². The molecule has 1 unspecified atom stereocenters. The second kappa shape index (κ2) is 11.0. The number of carbonyl (C=O) groups is 2. The Labute approximate surface area is 196 Å². The van der Waals surface area contributed by atoms with Crippen molar-refractivity contribution in [2.45, 2.75) is 49.7 Å². The molecule has 0 bridgehead atoms. The highest BCUT2D eigenvalue weighted by Gasteiger charge is 2.57.